The molecule has 1 rings (SSSR count). The Kier molecular flexibility index (Phi) is 2.21. The molecule has 0 bridgehead atoms. The Morgan fingerprint density at radius 3 is 3.22 bits per heavy atom. The molecule has 49 valence electrons. The normalized spacial score (nSPS) is 9.89. The maximum absolute atomic E-state index is 3.60. The molecule has 0 spiro atoms. The van der Waals surface area contributed by atoms with Gasteiger partial charge >= 0.3 is 0 Å². The van der Waals surface area contributed by atoms with Gasteiger partial charge in [0, 0.05) is 13.1 Å². The molecule has 1 aromatic heterocycles. The smallest absolute Gasteiger partial charge is 0.201 e. The lowest BCUT2D eigenvalue weighted by Crippen LogP contribution is -2.13. The molecule has 1 N–H and O–H groups in total. The summed E-state index contributed by atoms with van der Waals surface area (Å²) in [6.45, 7) is 1.80. The average Bonchev–Trinajstić information content (AvgIpc) is 2.34. The van der Waals surface area contributed by atoms with E-state index >= 15 is 0 Å². The summed E-state index contributed by atoms with van der Waals surface area (Å²) >= 11 is 0. The Labute approximate surface area is 53.9 Å². The first kappa shape index (κ1) is 6.22. The molecule has 0 fully saturated rings. The molecule has 0 atom stereocenters. The maximum Gasteiger partial charge on any atom is 0.201 e. The van der Waals surface area contributed by atoms with Gasteiger partial charge in [0.15, 0.2) is 0 Å². The van der Waals surface area contributed by atoms with Gasteiger partial charge in [0.1, 0.15) is 6.33 Å². The quantitative estimate of drug-likeness (QED) is 0.580. The second-order valence-electron chi connectivity index (χ2n) is 1.73. The topological polar surface area (TPSA) is 42.7 Å². The van der Waals surface area contributed by atoms with Crippen LogP contribution >= 0.6 is 0 Å². The Morgan fingerprint density at radius 2 is 2.67 bits per heavy atom. The SMILES string of the molecule is CNCCn1[c]nnc1. The molecule has 0 saturated heterocycles. The predicted molar refractivity (Wildman–Crippen MR) is 32.8 cm³/mol. The van der Waals surface area contributed by atoms with Crippen LogP contribution < -0.4 is 5.32 Å². The van der Waals surface area contributed by atoms with E-state index in [-0.39, 0.29) is 0 Å². The molecular formula is C5H9N4. The standard InChI is InChI=1S/C5H9N4/c1-6-2-3-9-4-7-8-5-9/h4,6H,2-3H2,1H3. The molecule has 0 aromatic carbocycles. The van der Waals surface area contributed by atoms with Crippen molar-refractivity contribution >= 4 is 0 Å². The lowest BCUT2D eigenvalue weighted by atomic mass is 10.6. The molecule has 9 heavy (non-hydrogen) atoms. The van der Waals surface area contributed by atoms with E-state index in [1.807, 2.05) is 7.05 Å². The summed E-state index contributed by atoms with van der Waals surface area (Å²) in [5, 5.41) is 10.1. The molecule has 0 amide bonds. The molecule has 4 nitrogen and oxygen atoms in total. The molecule has 4 heteroatoms. The fourth-order valence-electron chi connectivity index (χ4n) is 0.537. The summed E-state index contributed by atoms with van der Waals surface area (Å²) in [7, 11) is 1.91. The molecule has 1 aromatic rings. The van der Waals surface area contributed by atoms with Crippen LogP contribution in [0.15, 0.2) is 6.33 Å². The highest BCUT2D eigenvalue weighted by Gasteiger charge is 1.86. The van der Waals surface area contributed by atoms with E-state index in [1.165, 1.54) is 0 Å². The summed E-state index contributed by atoms with van der Waals surface area (Å²) in [5.74, 6) is 0. The fraction of sp³-hybridized carbons (Fsp3) is 0.600. The first-order valence-corrected chi connectivity index (χ1v) is 2.83. The third kappa shape index (κ3) is 1.81. The summed E-state index contributed by atoms with van der Waals surface area (Å²) in [4.78, 5) is 0. The van der Waals surface area contributed by atoms with Crippen LogP contribution in [0.1, 0.15) is 0 Å². The average molecular weight is 125 g/mol. The van der Waals surface area contributed by atoms with Crippen molar-refractivity contribution in [3.05, 3.63) is 12.7 Å². The lowest BCUT2D eigenvalue weighted by molar-refractivity contribution is 0.639. The molecule has 1 heterocycles. The van der Waals surface area contributed by atoms with Gasteiger partial charge < -0.3 is 9.88 Å². The third-order valence-electron chi connectivity index (χ3n) is 1.02. The van der Waals surface area contributed by atoms with Gasteiger partial charge in [-0.3, -0.25) is 0 Å². The van der Waals surface area contributed by atoms with E-state index in [2.05, 4.69) is 21.8 Å². The maximum atomic E-state index is 3.60. The minimum atomic E-state index is 0.878. The van der Waals surface area contributed by atoms with Gasteiger partial charge in [0.05, 0.1) is 0 Å². The zero-order chi connectivity index (χ0) is 6.53. The number of nitrogens with one attached hydrogen (secondary N) is 1. The Balaban J connectivity index is 2.30. The fourth-order valence-corrected chi connectivity index (χ4v) is 0.537. The van der Waals surface area contributed by atoms with Gasteiger partial charge in [-0.2, -0.15) is 0 Å². The van der Waals surface area contributed by atoms with Gasteiger partial charge in [0.2, 0.25) is 6.33 Å². The number of hydrogen-bond acceptors (Lipinski definition) is 3. The van der Waals surface area contributed by atoms with Crippen LogP contribution in [-0.2, 0) is 6.54 Å². The molecule has 0 unspecified atom stereocenters. The van der Waals surface area contributed by atoms with Gasteiger partial charge in [-0.25, -0.2) is 0 Å². The van der Waals surface area contributed by atoms with E-state index in [9.17, 15) is 0 Å². The van der Waals surface area contributed by atoms with Crippen LogP contribution in [0.4, 0.5) is 0 Å². The molecule has 1 radical (unpaired) electrons. The van der Waals surface area contributed by atoms with Crippen LogP contribution in [0.2, 0.25) is 0 Å². The lowest BCUT2D eigenvalue weighted by Gasteiger charge is -1.96. The largest absolute Gasteiger partial charge is 0.318 e. The van der Waals surface area contributed by atoms with E-state index < -0.39 is 0 Å². The number of hydrogen-bond donors (Lipinski definition) is 1. The highest BCUT2D eigenvalue weighted by molar-refractivity contribution is 4.57. The Hall–Kier alpha value is -0.900. The minimum absolute atomic E-state index is 0.878. The number of aromatic nitrogens is 3. The Bertz CT molecular complexity index is 146. The van der Waals surface area contributed by atoms with Crippen LogP contribution in [0.3, 0.4) is 0 Å². The summed E-state index contributed by atoms with van der Waals surface area (Å²) < 4.78 is 1.80. The molecule has 0 aliphatic rings. The second-order valence-corrected chi connectivity index (χ2v) is 1.73. The van der Waals surface area contributed by atoms with E-state index in [0.29, 0.717) is 0 Å². The number of nitrogens with zero attached hydrogens (tertiary/aromatic N) is 3. The summed E-state index contributed by atoms with van der Waals surface area (Å²) in [6.07, 6.45) is 4.34. The minimum Gasteiger partial charge on any atom is -0.318 e. The van der Waals surface area contributed by atoms with Crippen molar-refractivity contribution in [1.82, 2.24) is 20.1 Å². The van der Waals surface area contributed by atoms with E-state index in [0.717, 1.165) is 13.1 Å². The van der Waals surface area contributed by atoms with Crippen molar-refractivity contribution in [3.8, 4) is 0 Å². The van der Waals surface area contributed by atoms with Crippen molar-refractivity contribution < 1.29 is 0 Å². The highest BCUT2D eigenvalue weighted by Crippen LogP contribution is 1.77. The zero-order valence-corrected chi connectivity index (χ0v) is 5.33. The van der Waals surface area contributed by atoms with Gasteiger partial charge in [0.25, 0.3) is 0 Å². The van der Waals surface area contributed by atoms with Crippen molar-refractivity contribution in [2.45, 2.75) is 6.54 Å². The summed E-state index contributed by atoms with van der Waals surface area (Å²) in [5.41, 5.74) is 0. The number of likely N-dealkylation sites (N-methyl/N-ethyl adjacent to an activating group) is 1. The number of rotatable bonds is 3. The van der Waals surface area contributed by atoms with E-state index in [1.54, 1.807) is 10.9 Å². The highest BCUT2D eigenvalue weighted by atomic mass is 15.2. The third-order valence-corrected chi connectivity index (χ3v) is 1.02. The van der Waals surface area contributed by atoms with E-state index in [4.69, 9.17) is 0 Å². The first-order valence-electron chi connectivity index (χ1n) is 2.83. The molecular weight excluding hydrogens is 116 g/mol. The van der Waals surface area contributed by atoms with Crippen LogP contribution in [0, 0.1) is 6.33 Å². The molecule has 0 aliphatic carbocycles. The zero-order valence-electron chi connectivity index (χ0n) is 5.33. The van der Waals surface area contributed by atoms with Crippen molar-refractivity contribution in [3.63, 3.8) is 0 Å². The van der Waals surface area contributed by atoms with Crippen molar-refractivity contribution in [2.75, 3.05) is 13.6 Å². The molecule has 0 aliphatic heterocycles. The van der Waals surface area contributed by atoms with Crippen LogP contribution in [0.25, 0.3) is 0 Å². The van der Waals surface area contributed by atoms with Crippen molar-refractivity contribution in [2.24, 2.45) is 0 Å². The first-order chi connectivity index (χ1) is 4.43. The van der Waals surface area contributed by atoms with Gasteiger partial charge in [-0.05, 0) is 7.05 Å². The van der Waals surface area contributed by atoms with Crippen molar-refractivity contribution in [1.29, 1.82) is 0 Å². The molecule has 0 saturated carbocycles. The second kappa shape index (κ2) is 3.19. The Morgan fingerprint density at radius 1 is 1.78 bits per heavy atom. The summed E-state index contributed by atoms with van der Waals surface area (Å²) in [6, 6.07) is 0. The van der Waals surface area contributed by atoms with Gasteiger partial charge in [-0.1, -0.05) is 0 Å². The monoisotopic (exact) mass is 125 g/mol. The van der Waals surface area contributed by atoms with Crippen LogP contribution in [0.5, 0.6) is 0 Å². The predicted octanol–water partition coefficient (Wildman–Crippen LogP) is -0.702. The van der Waals surface area contributed by atoms with Crippen LogP contribution in [-0.4, -0.2) is 28.4 Å². The van der Waals surface area contributed by atoms with Gasteiger partial charge in [-0.15, -0.1) is 10.2 Å².